The van der Waals surface area contributed by atoms with Gasteiger partial charge in [0.2, 0.25) is 0 Å². The van der Waals surface area contributed by atoms with Gasteiger partial charge in [-0.15, -0.1) is 0 Å². The number of nitrogens with zero attached hydrogens (tertiary/aromatic N) is 2. The van der Waals surface area contributed by atoms with Crippen LogP contribution in [0.15, 0.2) is 18.2 Å². The number of unbranched alkanes of at least 4 members (excludes halogenated alkanes) is 3. The highest BCUT2D eigenvalue weighted by Crippen LogP contribution is 2.17. The van der Waals surface area contributed by atoms with E-state index in [0.717, 1.165) is 19.6 Å². The third kappa shape index (κ3) is 4.68. The van der Waals surface area contributed by atoms with E-state index in [2.05, 4.69) is 11.8 Å². The maximum atomic E-state index is 13.8. The van der Waals surface area contributed by atoms with Crippen molar-refractivity contribution in [1.82, 2.24) is 9.80 Å². The number of piperazine rings is 1. The van der Waals surface area contributed by atoms with Crippen LogP contribution in [0.4, 0.5) is 4.39 Å². The smallest absolute Gasteiger partial charge is 0.256 e. The fraction of sp³-hybridized carbons (Fsp3) is 0.588. The van der Waals surface area contributed by atoms with Crippen LogP contribution in [0.25, 0.3) is 0 Å². The first-order valence-electron chi connectivity index (χ1n) is 8.08. The van der Waals surface area contributed by atoms with Gasteiger partial charge in [0.05, 0.1) is 5.56 Å². The first-order chi connectivity index (χ1) is 10.6. The van der Waals surface area contributed by atoms with Gasteiger partial charge < -0.3 is 4.90 Å². The molecule has 1 heterocycles. The van der Waals surface area contributed by atoms with Crippen molar-refractivity contribution >= 4 is 17.5 Å². The summed E-state index contributed by atoms with van der Waals surface area (Å²) in [6, 6.07) is 4.22. The van der Waals surface area contributed by atoms with Crippen molar-refractivity contribution in [3.05, 3.63) is 34.6 Å². The quantitative estimate of drug-likeness (QED) is 0.742. The summed E-state index contributed by atoms with van der Waals surface area (Å²) in [7, 11) is 0. The normalized spacial score (nSPS) is 16.0. The van der Waals surface area contributed by atoms with Gasteiger partial charge >= 0.3 is 0 Å². The van der Waals surface area contributed by atoms with Crippen molar-refractivity contribution in [1.29, 1.82) is 0 Å². The van der Waals surface area contributed by atoms with Crippen LogP contribution >= 0.6 is 11.6 Å². The maximum absolute atomic E-state index is 13.8. The van der Waals surface area contributed by atoms with E-state index >= 15 is 0 Å². The molecule has 0 N–H and O–H groups in total. The number of amides is 1. The van der Waals surface area contributed by atoms with Crippen molar-refractivity contribution in [2.45, 2.75) is 32.6 Å². The first-order valence-corrected chi connectivity index (χ1v) is 8.46. The van der Waals surface area contributed by atoms with Crippen LogP contribution in [0.5, 0.6) is 0 Å². The lowest BCUT2D eigenvalue weighted by Crippen LogP contribution is -2.49. The van der Waals surface area contributed by atoms with E-state index in [1.807, 2.05) is 0 Å². The highest BCUT2D eigenvalue weighted by atomic mass is 35.5. The van der Waals surface area contributed by atoms with Crippen molar-refractivity contribution in [2.24, 2.45) is 0 Å². The lowest BCUT2D eigenvalue weighted by molar-refractivity contribution is 0.0630. The Morgan fingerprint density at radius 3 is 2.55 bits per heavy atom. The molecular weight excluding hydrogens is 303 g/mol. The average molecular weight is 327 g/mol. The second kappa shape index (κ2) is 8.49. The van der Waals surface area contributed by atoms with Gasteiger partial charge in [-0.3, -0.25) is 9.69 Å². The average Bonchev–Trinajstić information content (AvgIpc) is 2.52. The van der Waals surface area contributed by atoms with Crippen molar-refractivity contribution in [3.8, 4) is 0 Å². The number of carbonyl (C=O) groups is 1. The minimum Gasteiger partial charge on any atom is -0.336 e. The van der Waals surface area contributed by atoms with Crippen molar-refractivity contribution in [2.75, 3.05) is 32.7 Å². The van der Waals surface area contributed by atoms with Crippen molar-refractivity contribution < 1.29 is 9.18 Å². The summed E-state index contributed by atoms with van der Waals surface area (Å²) in [4.78, 5) is 16.5. The van der Waals surface area contributed by atoms with Crippen molar-refractivity contribution in [3.63, 3.8) is 0 Å². The SMILES string of the molecule is CCCCCCN1CCN(C(=O)c2ccc(Cl)cc2F)CC1. The molecule has 0 aromatic heterocycles. The number of carbonyl (C=O) groups excluding carboxylic acids is 1. The van der Waals surface area contributed by atoms with Gasteiger partial charge in [0.1, 0.15) is 5.82 Å². The fourth-order valence-corrected chi connectivity index (χ4v) is 2.93. The van der Waals surface area contributed by atoms with Crippen LogP contribution in [0.1, 0.15) is 43.0 Å². The molecule has 122 valence electrons. The fourth-order valence-electron chi connectivity index (χ4n) is 2.77. The molecule has 0 unspecified atom stereocenters. The largest absolute Gasteiger partial charge is 0.336 e. The number of halogens is 2. The Bertz CT molecular complexity index is 501. The molecule has 0 spiro atoms. The summed E-state index contributed by atoms with van der Waals surface area (Å²) in [5.41, 5.74) is 0.112. The molecular formula is C17H24ClFN2O. The third-order valence-corrected chi connectivity index (χ3v) is 4.38. The summed E-state index contributed by atoms with van der Waals surface area (Å²) in [6.07, 6.45) is 5.02. The molecule has 1 saturated heterocycles. The Hall–Kier alpha value is -1.13. The molecule has 22 heavy (non-hydrogen) atoms. The van der Waals surface area contributed by atoms with E-state index in [9.17, 15) is 9.18 Å². The van der Waals surface area contributed by atoms with Gasteiger partial charge in [-0.2, -0.15) is 0 Å². The molecule has 0 aliphatic carbocycles. The van der Waals surface area contributed by atoms with Gasteiger partial charge in [-0.05, 0) is 31.2 Å². The van der Waals surface area contributed by atoms with Crippen LogP contribution < -0.4 is 0 Å². The molecule has 1 amide bonds. The summed E-state index contributed by atoms with van der Waals surface area (Å²) in [5.74, 6) is -0.778. The van der Waals surface area contributed by atoms with Crippen LogP contribution in [-0.2, 0) is 0 Å². The summed E-state index contributed by atoms with van der Waals surface area (Å²) in [6.45, 7) is 6.36. The lowest BCUT2D eigenvalue weighted by Gasteiger charge is -2.34. The minimum absolute atomic E-state index is 0.112. The molecule has 3 nitrogen and oxygen atoms in total. The predicted octanol–water partition coefficient (Wildman–Crippen LogP) is 3.82. The van der Waals surface area contributed by atoms with Crippen LogP contribution in [0.3, 0.4) is 0 Å². The summed E-state index contributed by atoms with van der Waals surface area (Å²) in [5, 5.41) is 0.311. The zero-order valence-corrected chi connectivity index (χ0v) is 13.9. The molecule has 1 aromatic carbocycles. The third-order valence-electron chi connectivity index (χ3n) is 4.15. The maximum Gasteiger partial charge on any atom is 0.256 e. The molecule has 0 bridgehead atoms. The Kier molecular flexibility index (Phi) is 6.65. The zero-order valence-electron chi connectivity index (χ0n) is 13.2. The monoisotopic (exact) mass is 326 g/mol. The second-order valence-corrected chi connectivity index (χ2v) is 6.26. The topological polar surface area (TPSA) is 23.6 Å². The molecule has 5 heteroatoms. The molecule has 0 radical (unpaired) electrons. The summed E-state index contributed by atoms with van der Waals surface area (Å²) >= 11 is 5.73. The molecule has 1 fully saturated rings. The standard InChI is InChI=1S/C17H24ClFN2O/c1-2-3-4-5-8-20-9-11-21(12-10-20)17(22)15-7-6-14(18)13-16(15)19/h6-7,13H,2-5,8-12H2,1H3. The van der Waals surface area contributed by atoms with Crippen LogP contribution in [-0.4, -0.2) is 48.4 Å². The van der Waals surface area contributed by atoms with Gasteiger partial charge in [0, 0.05) is 31.2 Å². The second-order valence-electron chi connectivity index (χ2n) is 5.82. The number of benzene rings is 1. The van der Waals surface area contributed by atoms with Gasteiger partial charge in [0.25, 0.3) is 5.91 Å². The molecule has 1 aromatic rings. The number of hydrogen-bond donors (Lipinski definition) is 0. The lowest BCUT2D eigenvalue weighted by atomic mass is 10.1. The van der Waals surface area contributed by atoms with Gasteiger partial charge in [-0.1, -0.05) is 37.8 Å². The number of rotatable bonds is 6. The van der Waals surface area contributed by atoms with E-state index in [1.54, 1.807) is 11.0 Å². The Morgan fingerprint density at radius 2 is 1.91 bits per heavy atom. The summed E-state index contributed by atoms with van der Waals surface area (Å²) < 4.78 is 13.8. The van der Waals surface area contributed by atoms with Gasteiger partial charge in [-0.25, -0.2) is 4.39 Å². The minimum atomic E-state index is -0.542. The van der Waals surface area contributed by atoms with E-state index < -0.39 is 5.82 Å². The molecule has 1 aliphatic rings. The Labute approximate surface area is 137 Å². The van der Waals surface area contributed by atoms with Crippen LogP contribution in [0.2, 0.25) is 5.02 Å². The number of hydrogen-bond acceptors (Lipinski definition) is 2. The zero-order chi connectivity index (χ0) is 15.9. The van der Waals surface area contributed by atoms with E-state index in [0.29, 0.717) is 18.1 Å². The Morgan fingerprint density at radius 1 is 1.18 bits per heavy atom. The predicted molar refractivity (Wildman–Crippen MR) is 87.9 cm³/mol. The molecule has 0 atom stereocenters. The van der Waals surface area contributed by atoms with E-state index in [-0.39, 0.29) is 11.5 Å². The Balaban J connectivity index is 1.82. The highest BCUT2D eigenvalue weighted by molar-refractivity contribution is 6.30. The highest BCUT2D eigenvalue weighted by Gasteiger charge is 2.23. The first kappa shape index (κ1) is 17.2. The molecule has 2 rings (SSSR count). The van der Waals surface area contributed by atoms with Crippen LogP contribution in [0, 0.1) is 5.82 Å². The van der Waals surface area contributed by atoms with Gasteiger partial charge in [0.15, 0.2) is 0 Å². The molecule has 1 aliphatic heterocycles. The van der Waals surface area contributed by atoms with E-state index in [1.165, 1.54) is 37.8 Å². The van der Waals surface area contributed by atoms with E-state index in [4.69, 9.17) is 11.6 Å². The molecule has 0 saturated carbocycles.